The Morgan fingerprint density at radius 3 is 2.53 bits per heavy atom. The lowest BCUT2D eigenvalue weighted by atomic mass is 9.92. The summed E-state index contributed by atoms with van der Waals surface area (Å²) in [6.45, 7) is 3.92. The molecular formula is C16H15NOS. The third-order valence-electron chi connectivity index (χ3n) is 3.15. The molecule has 0 N–H and O–H groups in total. The van der Waals surface area contributed by atoms with Crippen molar-refractivity contribution in [1.82, 2.24) is 0 Å². The smallest absolute Gasteiger partial charge is 0.189 e. The van der Waals surface area contributed by atoms with Crippen molar-refractivity contribution in [1.29, 1.82) is 0 Å². The highest BCUT2D eigenvalue weighted by atomic mass is 32.1. The third-order valence-corrected chi connectivity index (χ3v) is 3.25. The second kappa shape index (κ2) is 5.87. The molecule has 0 saturated carbocycles. The molecule has 2 aromatic carbocycles. The summed E-state index contributed by atoms with van der Waals surface area (Å²) in [5.41, 5.74) is 0.700. The highest BCUT2D eigenvalue weighted by Gasteiger charge is 2.23. The first-order chi connectivity index (χ1) is 9.15. The van der Waals surface area contributed by atoms with Crippen LogP contribution >= 0.6 is 12.2 Å². The number of fused-ring (bicyclic) bond motifs is 1. The first kappa shape index (κ1) is 13.6. The SMILES string of the molecule is CC(C)C(N=C=S)C(=O)c1cccc2ccccc12. The number of nitrogens with zero attached hydrogens (tertiary/aromatic N) is 1. The van der Waals surface area contributed by atoms with Gasteiger partial charge in [-0.3, -0.25) is 4.79 Å². The predicted molar refractivity (Wildman–Crippen MR) is 81.9 cm³/mol. The van der Waals surface area contributed by atoms with E-state index in [1.165, 1.54) is 0 Å². The highest BCUT2D eigenvalue weighted by Crippen LogP contribution is 2.22. The summed E-state index contributed by atoms with van der Waals surface area (Å²) < 4.78 is 0. The number of thiocarbonyl (C=S) groups is 1. The zero-order valence-electron chi connectivity index (χ0n) is 11.0. The molecular weight excluding hydrogens is 254 g/mol. The molecule has 0 saturated heterocycles. The molecule has 1 unspecified atom stereocenters. The molecule has 0 aromatic heterocycles. The van der Waals surface area contributed by atoms with Crippen molar-refractivity contribution in [3.05, 3.63) is 48.0 Å². The number of hydrogen-bond donors (Lipinski definition) is 0. The maximum atomic E-state index is 12.6. The molecule has 2 aromatic rings. The lowest BCUT2D eigenvalue weighted by Crippen LogP contribution is -2.24. The van der Waals surface area contributed by atoms with Crippen LogP contribution in [0.25, 0.3) is 10.8 Å². The van der Waals surface area contributed by atoms with E-state index in [1.807, 2.05) is 56.3 Å². The molecule has 0 spiro atoms. The van der Waals surface area contributed by atoms with Crippen LogP contribution in [0.5, 0.6) is 0 Å². The van der Waals surface area contributed by atoms with Gasteiger partial charge in [-0.25, -0.2) is 4.99 Å². The largest absolute Gasteiger partial charge is 0.292 e. The minimum Gasteiger partial charge on any atom is -0.292 e. The number of carbonyl (C=O) groups is 1. The molecule has 0 aliphatic rings. The zero-order chi connectivity index (χ0) is 13.8. The third kappa shape index (κ3) is 2.78. The fraction of sp³-hybridized carbons (Fsp3) is 0.250. The number of hydrogen-bond acceptors (Lipinski definition) is 3. The Hall–Kier alpha value is -1.83. The van der Waals surface area contributed by atoms with Gasteiger partial charge in [-0.15, -0.1) is 0 Å². The number of carbonyl (C=O) groups excluding carboxylic acids is 1. The molecule has 0 bridgehead atoms. The first-order valence-corrected chi connectivity index (χ1v) is 6.65. The standard InChI is InChI=1S/C16H15NOS/c1-11(2)15(17-10-19)16(18)14-9-5-7-12-6-3-4-8-13(12)14/h3-9,11,15H,1-2H3. The number of aliphatic imine (C=N–C) groups is 1. The minimum atomic E-state index is -0.455. The monoisotopic (exact) mass is 269 g/mol. The van der Waals surface area contributed by atoms with Gasteiger partial charge in [0, 0.05) is 5.56 Å². The van der Waals surface area contributed by atoms with Gasteiger partial charge < -0.3 is 0 Å². The highest BCUT2D eigenvalue weighted by molar-refractivity contribution is 7.78. The van der Waals surface area contributed by atoms with Crippen molar-refractivity contribution >= 4 is 33.9 Å². The lowest BCUT2D eigenvalue weighted by Gasteiger charge is -2.15. The van der Waals surface area contributed by atoms with Gasteiger partial charge in [0.2, 0.25) is 0 Å². The Labute approximate surface area is 118 Å². The zero-order valence-corrected chi connectivity index (χ0v) is 11.8. The molecule has 0 fully saturated rings. The van der Waals surface area contributed by atoms with Crippen LogP contribution in [0.2, 0.25) is 0 Å². The fourth-order valence-electron chi connectivity index (χ4n) is 2.17. The molecule has 2 rings (SSSR count). The van der Waals surface area contributed by atoms with E-state index in [9.17, 15) is 4.79 Å². The number of Topliss-reactive ketones (excluding diaryl/α,β-unsaturated/α-hetero) is 1. The molecule has 0 aliphatic carbocycles. The van der Waals surface area contributed by atoms with Gasteiger partial charge in [-0.1, -0.05) is 56.3 Å². The van der Waals surface area contributed by atoms with Crippen molar-refractivity contribution in [2.75, 3.05) is 0 Å². The average molecular weight is 269 g/mol. The summed E-state index contributed by atoms with van der Waals surface area (Å²) in [4.78, 5) is 16.6. The summed E-state index contributed by atoms with van der Waals surface area (Å²) >= 11 is 4.64. The van der Waals surface area contributed by atoms with E-state index in [0.29, 0.717) is 5.56 Å². The summed E-state index contributed by atoms with van der Waals surface area (Å²) in [7, 11) is 0. The van der Waals surface area contributed by atoms with Crippen LogP contribution in [0.4, 0.5) is 0 Å². The maximum absolute atomic E-state index is 12.6. The van der Waals surface area contributed by atoms with Gasteiger partial charge in [0.1, 0.15) is 6.04 Å². The summed E-state index contributed by atoms with van der Waals surface area (Å²) in [6, 6.07) is 13.1. The van der Waals surface area contributed by atoms with E-state index in [1.54, 1.807) is 0 Å². The van der Waals surface area contributed by atoms with Crippen LogP contribution in [0, 0.1) is 5.92 Å². The van der Waals surface area contributed by atoms with E-state index in [0.717, 1.165) is 10.8 Å². The van der Waals surface area contributed by atoms with E-state index in [4.69, 9.17) is 0 Å². The molecule has 1 atom stereocenters. The van der Waals surface area contributed by atoms with Crippen LogP contribution in [0.1, 0.15) is 24.2 Å². The first-order valence-electron chi connectivity index (χ1n) is 6.24. The Bertz CT molecular complexity index is 651. The molecule has 0 aliphatic heterocycles. The molecule has 0 heterocycles. The Morgan fingerprint density at radius 2 is 1.84 bits per heavy atom. The van der Waals surface area contributed by atoms with Crippen molar-refractivity contribution in [3.8, 4) is 0 Å². The summed E-state index contributed by atoms with van der Waals surface area (Å²) in [5, 5.41) is 4.35. The van der Waals surface area contributed by atoms with Gasteiger partial charge in [0.15, 0.2) is 5.78 Å². The van der Waals surface area contributed by atoms with Gasteiger partial charge >= 0.3 is 0 Å². The van der Waals surface area contributed by atoms with Gasteiger partial charge in [0.05, 0.1) is 5.16 Å². The lowest BCUT2D eigenvalue weighted by molar-refractivity contribution is 0.0944. The van der Waals surface area contributed by atoms with E-state index in [-0.39, 0.29) is 11.7 Å². The average Bonchev–Trinajstić information content (AvgIpc) is 2.43. The van der Waals surface area contributed by atoms with Gasteiger partial charge in [0.25, 0.3) is 0 Å². The number of isothiocyanates is 1. The molecule has 0 radical (unpaired) electrons. The van der Waals surface area contributed by atoms with Crippen LogP contribution in [-0.2, 0) is 0 Å². The quantitative estimate of drug-likeness (QED) is 0.474. The van der Waals surface area contributed by atoms with Crippen molar-refractivity contribution < 1.29 is 4.79 Å². The molecule has 0 amide bonds. The molecule has 96 valence electrons. The van der Waals surface area contributed by atoms with Crippen LogP contribution in [0.15, 0.2) is 47.5 Å². The molecule has 3 heteroatoms. The van der Waals surface area contributed by atoms with Crippen molar-refractivity contribution in [3.63, 3.8) is 0 Å². The van der Waals surface area contributed by atoms with Crippen molar-refractivity contribution in [2.24, 2.45) is 10.9 Å². The van der Waals surface area contributed by atoms with E-state index >= 15 is 0 Å². The topological polar surface area (TPSA) is 29.4 Å². The van der Waals surface area contributed by atoms with Crippen LogP contribution in [0.3, 0.4) is 0 Å². The molecule has 2 nitrogen and oxygen atoms in total. The molecule has 19 heavy (non-hydrogen) atoms. The minimum absolute atomic E-state index is 0.00384. The van der Waals surface area contributed by atoms with Gasteiger partial charge in [-0.05, 0) is 28.9 Å². The summed E-state index contributed by atoms with van der Waals surface area (Å²) in [6.07, 6.45) is 0. The Kier molecular flexibility index (Phi) is 4.20. The number of rotatable bonds is 4. The maximum Gasteiger partial charge on any atom is 0.189 e. The normalized spacial score (nSPS) is 12.2. The number of ketones is 1. The van der Waals surface area contributed by atoms with Crippen LogP contribution < -0.4 is 0 Å². The van der Waals surface area contributed by atoms with Crippen LogP contribution in [-0.4, -0.2) is 17.0 Å². The Balaban J connectivity index is 2.55. The Morgan fingerprint density at radius 1 is 1.16 bits per heavy atom. The number of benzene rings is 2. The second-order valence-electron chi connectivity index (χ2n) is 4.80. The van der Waals surface area contributed by atoms with E-state index < -0.39 is 6.04 Å². The van der Waals surface area contributed by atoms with E-state index in [2.05, 4.69) is 22.4 Å². The van der Waals surface area contributed by atoms with Gasteiger partial charge in [-0.2, -0.15) is 0 Å². The second-order valence-corrected chi connectivity index (χ2v) is 4.98. The summed E-state index contributed by atoms with van der Waals surface area (Å²) in [5.74, 6) is 0.103. The fourth-order valence-corrected chi connectivity index (χ4v) is 2.28. The predicted octanol–water partition coefficient (Wildman–Crippen LogP) is 4.15. The van der Waals surface area contributed by atoms with Crippen molar-refractivity contribution in [2.45, 2.75) is 19.9 Å².